The Morgan fingerprint density at radius 2 is 1.20 bits per heavy atom. The van der Waals surface area contributed by atoms with Crippen LogP contribution in [0.25, 0.3) is 16.6 Å². The molecule has 3 aromatic rings. The molecule has 0 radical (unpaired) electrons. The van der Waals surface area contributed by atoms with E-state index in [1.807, 2.05) is 6.07 Å². The molecule has 0 fully saturated rings. The van der Waals surface area contributed by atoms with E-state index in [4.69, 9.17) is 39.2 Å². The zero-order valence-corrected chi connectivity index (χ0v) is 43.5. The van der Waals surface area contributed by atoms with Crippen LogP contribution in [-0.2, 0) is 19.1 Å². The van der Waals surface area contributed by atoms with Gasteiger partial charge < -0.3 is 14.6 Å². The minimum atomic E-state index is -0.956. The fraction of sp³-hybridized carbons (Fsp3) is 0.491. The van der Waals surface area contributed by atoms with Crippen molar-refractivity contribution in [2.75, 3.05) is 18.1 Å². The van der Waals surface area contributed by atoms with Crippen LogP contribution in [-0.4, -0.2) is 46.6 Å². The molecule has 12 nitrogen and oxygen atoms in total. The Hall–Kier alpha value is -5.95. The number of imide groups is 1. The maximum Gasteiger partial charge on any atom is 0.338 e. The summed E-state index contributed by atoms with van der Waals surface area (Å²) in [7, 11) is 0. The lowest BCUT2D eigenvalue weighted by Crippen LogP contribution is -2.46. The Kier molecular flexibility index (Phi) is 24.9. The molecule has 0 spiro atoms. The van der Waals surface area contributed by atoms with Crippen molar-refractivity contribution in [2.45, 2.75) is 163 Å². The number of esters is 2. The maximum absolute atomic E-state index is 14.1. The summed E-state index contributed by atoms with van der Waals surface area (Å²) >= 11 is 13.1. The summed E-state index contributed by atoms with van der Waals surface area (Å²) in [6, 6.07) is 10.3. The number of halogens is 2. The molecule has 1 aliphatic heterocycles. The van der Waals surface area contributed by atoms with E-state index < -0.39 is 41.1 Å². The number of ether oxygens (including phenoxy) is 2. The van der Waals surface area contributed by atoms with Crippen LogP contribution in [0.5, 0.6) is 5.88 Å². The van der Waals surface area contributed by atoms with Gasteiger partial charge in [0.2, 0.25) is 11.8 Å². The fourth-order valence-electron chi connectivity index (χ4n) is 8.61. The second-order valence-corrected chi connectivity index (χ2v) is 19.0. The van der Waals surface area contributed by atoms with Gasteiger partial charge in [0.15, 0.2) is 0 Å². The average molecular weight is 1010 g/mol. The Morgan fingerprint density at radius 3 is 1.68 bits per heavy atom. The van der Waals surface area contributed by atoms with Crippen LogP contribution < -0.4 is 10.5 Å². The number of nitrogens with zero attached hydrogens (tertiary/aromatic N) is 4. The number of unbranched alkanes of at least 4 members (excludes halogenated alkanes) is 18. The topological polar surface area (TPSA) is 160 Å². The number of amides is 2. The molecule has 2 aromatic carbocycles. The molecule has 71 heavy (non-hydrogen) atoms. The molecule has 1 atom stereocenters. The molecule has 0 saturated carbocycles. The fourth-order valence-corrected chi connectivity index (χ4v) is 9.01. The van der Waals surface area contributed by atoms with Gasteiger partial charge in [-0.3, -0.25) is 19.3 Å². The summed E-state index contributed by atoms with van der Waals surface area (Å²) in [5.74, 6) is -4.23. The predicted molar refractivity (Wildman–Crippen MR) is 282 cm³/mol. The maximum atomic E-state index is 14.1. The predicted octanol–water partition coefficient (Wildman–Crippen LogP) is 14.5. The van der Waals surface area contributed by atoms with Gasteiger partial charge in [-0.05, 0) is 79.8 Å². The highest BCUT2D eigenvalue weighted by molar-refractivity contribution is 6.36. The molecule has 2 amide bonds. The van der Waals surface area contributed by atoms with Gasteiger partial charge in [-0.2, -0.15) is 5.26 Å². The third kappa shape index (κ3) is 16.6. The van der Waals surface area contributed by atoms with Gasteiger partial charge in [-0.1, -0.05) is 178 Å². The Morgan fingerprint density at radius 1 is 0.732 bits per heavy atom. The van der Waals surface area contributed by atoms with E-state index in [-0.39, 0.29) is 80.1 Å². The highest BCUT2D eigenvalue weighted by Crippen LogP contribution is 2.37. The molecule has 0 aliphatic carbocycles. The molecule has 1 unspecified atom stereocenters. The zero-order valence-electron chi connectivity index (χ0n) is 42.0. The lowest BCUT2D eigenvalue weighted by molar-refractivity contribution is -0.127. The smallest absolute Gasteiger partial charge is 0.338 e. The molecule has 380 valence electrons. The Balaban J connectivity index is 1.44. The Labute approximate surface area is 430 Å². The summed E-state index contributed by atoms with van der Waals surface area (Å²) in [4.78, 5) is 71.9. The standard InChI is InChI=1S/C57H70Cl2N4O8/c1-6-8-10-12-14-16-18-20-22-27-35-70-56(68)42-31-33-47(58)49(37-42)62-52(64)44(40(3)46(39-60)54(62)66)29-25-24-26-30-45-41(4)51(61-5)55(67)63(53(45)65)50-38-43(32-34-48(50)59)57(69)71-36-28-23-21-19-17-15-13-11-9-7-2/h24-26,29,31-34,37-38,45,64H,6-23,27-28,30,35-36H2,1-4H3. The number of carbonyl (C=O) groups is 4. The van der Waals surface area contributed by atoms with Gasteiger partial charge in [0, 0.05) is 5.56 Å². The van der Waals surface area contributed by atoms with E-state index in [9.17, 15) is 34.3 Å². The summed E-state index contributed by atoms with van der Waals surface area (Å²) in [5.41, 5.74) is -0.628. The largest absolute Gasteiger partial charge is 0.494 e. The van der Waals surface area contributed by atoms with Crippen LogP contribution in [0, 0.1) is 30.7 Å². The molecule has 14 heteroatoms. The van der Waals surface area contributed by atoms with Crippen molar-refractivity contribution in [1.82, 2.24) is 4.57 Å². The Bertz CT molecular complexity index is 2560. The molecule has 0 bridgehead atoms. The van der Waals surface area contributed by atoms with Crippen LogP contribution in [0.15, 0.2) is 70.7 Å². The second-order valence-electron chi connectivity index (χ2n) is 18.2. The number of rotatable bonds is 30. The van der Waals surface area contributed by atoms with Crippen molar-refractivity contribution < 1.29 is 33.8 Å². The number of hydrogen-bond acceptors (Lipinski definition) is 9. The quantitative estimate of drug-likeness (QED) is 0.0225. The number of nitriles is 1. The van der Waals surface area contributed by atoms with E-state index in [1.54, 1.807) is 19.1 Å². The number of aromatic nitrogens is 1. The van der Waals surface area contributed by atoms with Crippen molar-refractivity contribution in [3.63, 3.8) is 0 Å². The lowest BCUT2D eigenvalue weighted by atomic mass is 9.89. The van der Waals surface area contributed by atoms with Crippen LogP contribution in [0.2, 0.25) is 10.0 Å². The van der Waals surface area contributed by atoms with Gasteiger partial charge >= 0.3 is 11.9 Å². The zero-order chi connectivity index (χ0) is 51.7. The van der Waals surface area contributed by atoms with Crippen molar-refractivity contribution >= 4 is 58.7 Å². The molecule has 1 aliphatic rings. The molecular weight excluding hydrogens is 940 g/mol. The van der Waals surface area contributed by atoms with E-state index in [0.717, 1.165) is 48.0 Å². The monoisotopic (exact) mass is 1010 g/mol. The van der Waals surface area contributed by atoms with Gasteiger partial charge in [-0.25, -0.2) is 19.0 Å². The molecular formula is C57H70Cl2N4O8. The minimum absolute atomic E-state index is 0.0242. The molecule has 0 saturated heterocycles. The number of pyridine rings is 1. The first-order valence-corrected chi connectivity index (χ1v) is 26.2. The van der Waals surface area contributed by atoms with E-state index >= 15 is 0 Å². The molecule has 1 N–H and O–H groups in total. The van der Waals surface area contributed by atoms with Crippen molar-refractivity contribution in [3.8, 4) is 17.6 Å². The first-order chi connectivity index (χ1) is 34.3. The van der Waals surface area contributed by atoms with Crippen molar-refractivity contribution in [3.05, 3.63) is 126 Å². The van der Waals surface area contributed by atoms with Gasteiger partial charge in [-0.15, -0.1) is 0 Å². The SMILES string of the molecule is [C-]#[N+]C1=C(C)C(CC=CC=Cc2c(C)c(C#N)c(=O)n(-c3cc(C(=O)OCCCCCCCCCCCC)ccc3Cl)c2O)C(=O)N(c2cc(C(=O)OCCCCCCCCCCCC)ccc2Cl)C1=O. The second kappa shape index (κ2) is 30.7. The third-order valence-electron chi connectivity index (χ3n) is 12.9. The number of benzene rings is 2. The summed E-state index contributed by atoms with van der Waals surface area (Å²) < 4.78 is 11.9. The van der Waals surface area contributed by atoms with Crippen LogP contribution in [0.3, 0.4) is 0 Å². The summed E-state index contributed by atoms with van der Waals surface area (Å²) in [6.07, 6.45) is 29.0. The molecule has 2 heterocycles. The highest BCUT2D eigenvalue weighted by atomic mass is 35.5. The number of allylic oxidation sites excluding steroid dienone is 3. The third-order valence-corrected chi connectivity index (χ3v) is 13.5. The first kappa shape index (κ1) is 57.6. The number of aromatic hydroxyl groups is 1. The van der Waals surface area contributed by atoms with Gasteiger partial charge in [0.05, 0.1) is 58.3 Å². The highest BCUT2D eigenvalue weighted by Gasteiger charge is 2.40. The molecule has 1 aromatic heterocycles. The van der Waals surface area contributed by atoms with Gasteiger partial charge in [0.1, 0.15) is 11.6 Å². The van der Waals surface area contributed by atoms with Crippen LogP contribution in [0.4, 0.5) is 5.69 Å². The summed E-state index contributed by atoms with van der Waals surface area (Å²) in [6.45, 7) is 15.7. The first-order valence-electron chi connectivity index (χ1n) is 25.4. The van der Waals surface area contributed by atoms with E-state index in [1.165, 1.54) is 133 Å². The minimum Gasteiger partial charge on any atom is -0.494 e. The van der Waals surface area contributed by atoms with Crippen molar-refractivity contribution in [1.29, 1.82) is 5.26 Å². The van der Waals surface area contributed by atoms with Gasteiger partial charge in [0.25, 0.3) is 17.2 Å². The molecule has 4 rings (SSSR count). The lowest BCUT2D eigenvalue weighted by Gasteiger charge is -2.32. The van der Waals surface area contributed by atoms with E-state index in [0.29, 0.717) is 12.8 Å². The van der Waals surface area contributed by atoms with Crippen LogP contribution >= 0.6 is 23.2 Å². The van der Waals surface area contributed by atoms with E-state index in [2.05, 4.69) is 18.7 Å². The van der Waals surface area contributed by atoms with Crippen LogP contribution in [0.1, 0.15) is 193 Å². The number of carbonyl (C=O) groups excluding carboxylic acids is 4. The average Bonchev–Trinajstić information content (AvgIpc) is 3.35. The summed E-state index contributed by atoms with van der Waals surface area (Å²) in [5, 5.41) is 21.7. The number of anilines is 1. The normalized spacial score (nSPS) is 13.9. The van der Waals surface area contributed by atoms with Crippen molar-refractivity contribution in [2.24, 2.45) is 5.92 Å². The number of hydrogen-bond donors (Lipinski definition) is 1.